The molecule has 45 heavy (non-hydrogen) atoms. The number of aliphatic hydroxyl groups is 1. The summed E-state index contributed by atoms with van der Waals surface area (Å²) in [4.78, 5) is 61.1. The Hall–Kier alpha value is -3.59. The fourth-order valence-corrected chi connectivity index (χ4v) is 6.32. The Morgan fingerprint density at radius 2 is 1.80 bits per heavy atom. The molecule has 0 spiro atoms. The van der Waals surface area contributed by atoms with Gasteiger partial charge in [0.15, 0.2) is 0 Å². The number of hydrogen-bond acceptors (Lipinski definition) is 9. The van der Waals surface area contributed by atoms with E-state index in [9.17, 15) is 24.3 Å². The molecule has 4 amide bonds. The van der Waals surface area contributed by atoms with E-state index in [1.165, 1.54) is 9.80 Å². The molecule has 14 heteroatoms. The van der Waals surface area contributed by atoms with Crippen LogP contribution in [0.1, 0.15) is 38.4 Å². The van der Waals surface area contributed by atoms with Crippen LogP contribution in [-0.2, 0) is 25.7 Å². The minimum absolute atomic E-state index is 0.00604. The summed E-state index contributed by atoms with van der Waals surface area (Å²) in [6.45, 7) is 10.3. The number of benzene rings is 1. The Balaban J connectivity index is 1.28. The molecular formula is C31H44N6O7S. The number of aryl methyl sites for hydroxylation is 1. The van der Waals surface area contributed by atoms with Gasteiger partial charge in [0.25, 0.3) is 0 Å². The van der Waals surface area contributed by atoms with Gasteiger partial charge in [-0.2, -0.15) is 0 Å². The highest BCUT2D eigenvalue weighted by molar-refractivity contribution is 7.13. The second kappa shape index (κ2) is 15.1. The van der Waals surface area contributed by atoms with Crippen LogP contribution in [0.3, 0.4) is 0 Å². The quantitative estimate of drug-likeness (QED) is 0.266. The molecule has 3 heterocycles. The number of carbonyl (C=O) groups is 4. The summed E-state index contributed by atoms with van der Waals surface area (Å²) < 4.78 is 5.56. The van der Waals surface area contributed by atoms with Crippen molar-refractivity contribution in [1.82, 2.24) is 30.3 Å². The summed E-state index contributed by atoms with van der Waals surface area (Å²) in [7, 11) is 0. The Labute approximate surface area is 267 Å². The molecule has 3 atom stereocenters. The van der Waals surface area contributed by atoms with Gasteiger partial charge >= 0.3 is 6.09 Å². The molecule has 0 radical (unpaired) electrons. The van der Waals surface area contributed by atoms with Crippen molar-refractivity contribution in [2.75, 3.05) is 52.5 Å². The molecule has 2 saturated heterocycles. The summed E-state index contributed by atoms with van der Waals surface area (Å²) in [6, 6.07) is 6.04. The Morgan fingerprint density at radius 3 is 2.40 bits per heavy atom. The number of β-amino-alcohol motifs (C(OH)–C–C–N with tert-alkyl or cyclic N) is 1. The van der Waals surface area contributed by atoms with Crippen LogP contribution < -0.4 is 10.6 Å². The van der Waals surface area contributed by atoms with Gasteiger partial charge in [-0.05, 0) is 23.5 Å². The maximum atomic E-state index is 13.8. The molecule has 4 N–H and O–H groups in total. The molecule has 2 aliphatic heterocycles. The largest absolute Gasteiger partial charge is 0.465 e. The van der Waals surface area contributed by atoms with Gasteiger partial charge in [-0.3, -0.25) is 19.3 Å². The molecule has 2 aliphatic rings. The van der Waals surface area contributed by atoms with Crippen molar-refractivity contribution in [3.8, 4) is 10.4 Å². The molecule has 0 bridgehead atoms. The molecule has 2 fully saturated rings. The van der Waals surface area contributed by atoms with Gasteiger partial charge in [0.1, 0.15) is 18.7 Å². The van der Waals surface area contributed by atoms with Crippen molar-refractivity contribution in [2.24, 2.45) is 5.41 Å². The SMILES string of the molecule is Cc1ncsc1-c1ccc(CNC(=O)[C@@H]2C[C@@H](O)CN2C(=O)C(NC(=O)COCCN2CCN(C(=O)O)CC2)C(C)(C)C)cc1. The van der Waals surface area contributed by atoms with E-state index in [0.717, 1.165) is 21.7 Å². The first-order valence-corrected chi connectivity index (χ1v) is 16.0. The average molecular weight is 645 g/mol. The van der Waals surface area contributed by atoms with E-state index in [0.29, 0.717) is 32.7 Å². The first-order chi connectivity index (χ1) is 21.3. The zero-order valence-corrected chi connectivity index (χ0v) is 27.1. The van der Waals surface area contributed by atoms with E-state index < -0.39 is 41.5 Å². The highest BCUT2D eigenvalue weighted by Crippen LogP contribution is 2.28. The number of carboxylic acid groups (broad SMARTS) is 1. The van der Waals surface area contributed by atoms with E-state index in [-0.39, 0.29) is 38.6 Å². The lowest BCUT2D eigenvalue weighted by Crippen LogP contribution is -2.58. The maximum absolute atomic E-state index is 13.8. The summed E-state index contributed by atoms with van der Waals surface area (Å²) in [6.07, 6.45) is -1.68. The lowest BCUT2D eigenvalue weighted by atomic mass is 9.85. The summed E-state index contributed by atoms with van der Waals surface area (Å²) in [5.41, 5.74) is 4.05. The number of aromatic nitrogens is 1. The first kappa shape index (κ1) is 34.3. The number of carbonyl (C=O) groups excluding carboxylic acids is 3. The predicted molar refractivity (Wildman–Crippen MR) is 169 cm³/mol. The van der Waals surface area contributed by atoms with Gasteiger partial charge in [-0.1, -0.05) is 45.0 Å². The van der Waals surface area contributed by atoms with Crippen LogP contribution in [-0.4, -0.2) is 124 Å². The minimum Gasteiger partial charge on any atom is -0.465 e. The van der Waals surface area contributed by atoms with Crippen molar-refractivity contribution in [3.63, 3.8) is 0 Å². The highest BCUT2D eigenvalue weighted by atomic mass is 32.1. The smallest absolute Gasteiger partial charge is 0.407 e. The van der Waals surface area contributed by atoms with E-state index in [1.54, 1.807) is 11.3 Å². The van der Waals surface area contributed by atoms with Crippen LogP contribution in [0.25, 0.3) is 10.4 Å². The topological polar surface area (TPSA) is 165 Å². The molecule has 1 aromatic carbocycles. The molecule has 0 saturated carbocycles. The second-order valence-electron chi connectivity index (χ2n) is 12.6. The Bertz CT molecular complexity index is 1340. The van der Waals surface area contributed by atoms with Crippen molar-refractivity contribution in [3.05, 3.63) is 41.0 Å². The van der Waals surface area contributed by atoms with E-state index in [4.69, 9.17) is 9.84 Å². The third-order valence-electron chi connectivity index (χ3n) is 8.14. The summed E-state index contributed by atoms with van der Waals surface area (Å²) >= 11 is 1.57. The second-order valence-corrected chi connectivity index (χ2v) is 13.5. The van der Waals surface area contributed by atoms with Gasteiger partial charge < -0.3 is 35.4 Å². The van der Waals surface area contributed by atoms with Gasteiger partial charge in [0, 0.05) is 52.2 Å². The van der Waals surface area contributed by atoms with Gasteiger partial charge in [-0.15, -0.1) is 11.3 Å². The Kier molecular flexibility index (Phi) is 11.5. The van der Waals surface area contributed by atoms with Crippen LogP contribution in [0, 0.1) is 12.3 Å². The van der Waals surface area contributed by atoms with Crippen molar-refractivity contribution < 1.29 is 34.1 Å². The number of piperazine rings is 1. The molecular weight excluding hydrogens is 600 g/mol. The molecule has 0 aliphatic carbocycles. The normalized spacial score (nSPS) is 19.8. The number of nitrogens with zero attached hydrogens (tertiary/aromatic N) is 4. The number of amides is 4. The number of ether oxygens (including phenoxy) is 1. The van der Waals surface area contributed by atoms with Crippen LogP contribution >= 0.6 is 11.3 Å². The van der Waals surface area contributed by atoms with E-state index in [2.05, 4.69) is 20.5 Å². The summed E-state index contributed by atoms with van der Waals surface area (Å²) in [5.74, 6) is -1.27. The van der Waals surface area contributed by atoms with E-state index >= 15 is 0 Å². The number of rotatable bonds is 11. The van der Waals surface area contributed by atoms with Gasteiger partial charge in [-0.25, -0.2) is 9.78 Å². The van der Waals surface area contributed by atoms with Gasteiger partial charge in [0.05, 0.1) is 28.8 Å². The molecule has 2 aromatic rings. The zero-order chi connectivity index (χ0) is 32.7. The number of hydrogen-bond donors (Lipinski definition) is 4. The fourth-order valence-electron chi connectivity index (χ4n) is 5.50. The average Bonchev–Trinajstić information content (AvgIpc) is 3.61. The molecule has 1 unspecified atom stereocenters. The lowest BCUT2D eigenvalue weighted by Gasteiger charge is -2.35. The number of nitrogens with one attached hydrogen (secondary N) is 2. The van der Waals surface area contributed by atoms with Crippen LogP contribution in [0.15, 0.2) is 29.8 Å². The first-order valence-electron chi connectivity index (χ1n) is 15.2. The fraction of sp³-hybridized carbons (Fsp3) is 0.581. The molecule has 246 valence electrons. The maximum Gasteiger partial charge on any atom is 0.407 e. The van der Waals surface area contributed by atoms with Crippen LogP contribution in [0.2, 0.25) is 0 Å². The van der Waals surface area contributed by atoms with Crippen molar-refractivity contribution in [1.29, 1.82) is 0 Å². The number of thiazole rings is 1. The molecule has 13 nitrogen and oxygen atoms in total. The monoisotopic (exact) mass is 644 g/mol. The predicted octanol–water partition coefficient (Wildman–Crippen LogP) is 1.54. The van der Waals surface area contributed by atoms with Crippen molar-refractivity contribution in [2.45, 2.75) is 58.8 Å². The summed E-state index contributed by atoms with van der Waals surface area (Å²) in [5, 5.41) is 25.2. The molecule has 4 rings (SSSR count). The Morgan fingerprint density at radius 1 is 1.11 bits per heavy atom. The van der Waals surface area contributed by atoms with Crippen LogP contribution in [0.4, 0.5) is 4.79 Å². The third kappa shape index (κ3) is 9.22. The minimum atomic E-state index is -0.943. The van der Waals surface area contributed by atoms with Gasteiger partial charge in [0.2, 0.25) is 17.7 Å². The number of likely N-dealkylation sites (tertiary alicyclic amines) is 1. The van der Waals surface area contributed by atoms with Crippen LogP contribution in [0.5, 0.6) is 0 Å². The lowest BCUT2D eigenvalue weighted by molar-refractivity contribution is -0.144. The number of aliphatic hydroxyl groups excluding tert-OH is 1. The highest BCUT2D eigenvalue weighted by Gasteiger charge is 2.44. The standard InChI is InChI=1S/C31H44N6O7S/c1-20-26(45-19-33-20)22-7-5-21(6-8-22)16-32-28(40)24-15-23(38)17-37(24)29(41)27(31(2,3)4)34-25(39)18-44-14-13-35-9-11-36(12-10-35)30(42)43/h5-8,19,23-24,27,38H,9-18H2,1-4H3,(H,32,40)(H,34,39)(H,42,43)/t23-,24+,27?/m1/s1. The molecule has 1 aromatic heterocycles. The zero-order valence-electron chi connectivity index (χ0n) is 26.3. The van der Waals surface area contributed by atoms with Crippen molar-refractivity contribution >= 4 is 35.2 Å². The van der Waals surface area contributed by atoms with E-state index in [1.807, 2.05) is 57.5 Å². The third-order valence-corrected chi connectivity index (χ3v) is 9.12.